The van der Waals surface area contributed by atoms with Crippen LogP contribution in [0, 0.1) is 0 Å². The van der Waals surface area contributed by atoms with Crippen molar-refractivity contribution in [3.8, 4) is 67.3 Å². The molecule has 0 spiro atoms. The Balaban J connectivity index is 0.000000650. The van der Waals surface area contributed by atoms with Crippen molar-refractivity contribution in [2.24, 2.45) is 0 Å². The summed E-state index contributed by atoms with van der Waals surface area (Å²) in [5.41, 5.74) is 14.6. The van der Waals surface area contributed by atoms with Crippen molar-refractivity contribution < 1.29 is 0 Å². The van der Waals surface area contributed by atoms with E-state index in [1.807, 2.05) is 32.2 Å². The van der Waals surface area contributed by atoms with Gasteiger partial charge in [-0.25, -0.2) is 9.97 Å². The first-order chi connectivity index (χ1) is 26.6. The number of allylic oxidation sites excluding steroid dienone is 1. The Bertz CT molecular complexity index is 2080. The van der Waals surface area contributed by atoms with Crippen LogP contribution in [0.2, 0.25) is 0 Å². The SMILES string of the molecule is C1=Cc2cc(-c3ccc(-c4cc(-c5ccc(-c6cccnc6)cc5)nc(-c5ccc(-c6ccccc6)cc5)n4)cc3)ccc2CC1.CC.CCC.CCC. The predicted octanol–water partition coefficient (Wildman–Crippen LogP) is 14.7. The number of benzene rings is 5. The molecule has 7 aromatic rings. The minimum atomic E-state index is 0.703. The molecule has 0 atom stereocenters. The van der Waals surface area contributed by atoms with Crippen LogP contribution >= 0.6 is 0 Å². The van der Waals surface area contributed by atoms with E-state index in [9.17, 15) is 0 Å². The standard InChI is InChI=1S/C43H31N3.2C3H8.C2H6/c1-2-7-30(8-3-1)32-16-23-37(24-17-32)43-45-41(28-42(46-43)36-21-14-34(15-22-36)40-11-6-26-44-29-40)35-19-12-33(13-20-35)39-25-18-31-9-4-5-10-38(31)27-39;2*1-3-2;1-2/h1-3,5-8,10-29H,4,9H2;2*3H2,1-2H3;1-2H3. The normalized spacial score (nSPS) is 11.1. The Morgan fingerprint density at radius 2 is 0.926 bits per heavy atom. The summed E-state index contributed by atoms with van der Waals surface area (Å²) in [6.07, 6.45) is 12.9. The van der Waals surface area contributed by atoms with Gasteiger partial charge in [0.05, 0.1) is 11.4 Å². The number of aryl methyl sites for hydroxylation is 1. The van der Waals surface area contributed by atoms with Crippen molar-refractivity contribution in [2.45, 2.75) is 67.2 Å². The largest absolute Gasteiger partial charge is 0.264 e. The molecule has 0 amide bonds. The molecule has 2 aromatic heterocycles. The lowest BCUT2D eigenvalue weighted by Gasteiger charge is -2.13. The number of rotatable bonds is 6. The molecule has 0 unspecified atom stereocenters. The Labute approximate surface area is 323 Å². The van der Waals surface area contributed by atoms with Gasteiger partial charge >= 0.3 is 0 Å². The lowest BCUT2D eigenvalue weighted by molar-refractivity contribution is 0.986. The molecule has 0 bridgehead atoms. The molecule has 272 valence electrons. The average Bonchev–Trinajstić information content (AvgIpc) is 3.25. The van der Waals surface area contributed by atoms with Crippen molar-refractivity contribution in [3.63, 3.8) is 0 Å². The van der Waals surface area contributed by atoms with Gasteiger partial charge in [-0.1, -0.05) is 188 Å². The van der Waals surface area contributed by atoms with Gasteiger partial charge in [0, 0.05) is 29.1 Å². The maximum atomic E-state index is 5.10. The van der Waals surface area contributed by atoms with Crippen LogP contribution in [0.15, 0.2) is 158 Å². The number of aromatic nitrogens is 3. The van der Waals surface area contributed by atoms with Crippen LogP contribution in [-0.2, 0) is 6.42 Å². The lowest BCUT2D eigenvalue weighted by Crippen LogP contribution is -1.96. The number of hydrogen-bond acceptors (Lipinski definition) is 3. The Kier molecular flexibility index (Phi) is 14.8. The summed E-state index contributed by atoms with van der Waals surface area (Å²) >= 11 is 0. The molecular weight excluding hydrogens is 655 g/mol. The van der Waals surface area contributed by atoms with E-state index in [1.165, 1.54) is 46.2 Å². The fourth-order valence-electron chi connectivity index (χ4n) is 6.12. The zero-order valence-electron chi connectivity index (χ0n) is 32.8. The molecule has 0 fully saturated rings. The van der Waals surface area contributed by atoms with Gasteiger partial charge in [0.15, 0.2) is 5.82 Å². The topological polar surface area (TPSA) is 38.7 Å². The Hall–Kier alpha value is -5.93. The van der Waals surface area contributed by atoms with E-state index in [0.717, 1.165) is 52.0 Å². The Morgan fingerprint density at radius 3 is 1.48 bits per heavy atom. The second-order valence-electron chi connectivity index (χ2n) is 13.1. The Morgan fingerprint density at radius 1 is 0.463 bits per heavy atom. The highest BCUT2D eigenvalue weighted by Crippen LogP contribution is 2.32. The zero-order chi connectivity index (χ0) is 38.1. The third-order valence-electron chi connectivity index (χ3n) is 8.69. The highest BCUT2D eigenvalue weighted by molar-refractivity contribution is 5.77. The van der Waals surface area contributed by atoms with E-state index >= 15 is 0 Å². The van der Waals surface area contributed by atoms with Crippen LogP contribution in [0.1, 0.15) is 71.9 Å². The molecule has 1 aliphatic rings. The first-order valence-electron chi connectivity index (χ1n) is 19.6. The predicted molar refractivity (Wildman–Crippen MR) is 233 cm³/mol. The second-order valence-corrected chi connectivity index (χ2v) is 13.1. The summed E-state index contributed by atoms with van der Waals surface area (Å²) in [6.45, 7) is 12.5. The molecule has 5 aromatic carbocycles. The third kappa shape index (κ3) is 10.1. The molecule has 3 nitrogen and oxygen atoms in total. The summed E-state index contributed by atoms with van der Waals surface area (Å²) in [4.78, 5) is 14.5. The molecule has 3 heteroatoms. The van der Waals surface area contributed by atoms with Gasteiger partial charge in [-0.3, -0.25) is 4.98 Å². The number of fused-ring (bicyclic) bond motifs is 1. The summed E-state index contributed by atoms with van der Waals surface area (Å²) in [6, 6.07) is 49.1. The number of nitrogens with zero attached hydrogens (tertiary/aromatic N) is 3. The van der Waals surface area contributed by atoms with Gasteiger partial charge in [-0.2, -0.15) is 0 Å². The minimum Gasteiger partial charge on any atom is -0.264 e. The van der Waals surface area contributed by atoms with Crippen molar-refractivity contribution in [2.75, 3.05) is 0 Å². The first-order valence-corrected chi connectivity index (χ1v) is 19.6. The van der Waals surface area contributed by atoms with Gasteiger partial charge in [0.2, 0.25) is 0 Å². The van der Waals surface area contributed by atoms with Crippen molar-refractivity contribution in [1.29, 1.82) is 0 Å². The summed E-state index contributed by atoms with van der Waals surface area (Å²) < 4.78 is 0. The smallest absolute Gasteiger partial charge is 0.160 e. The van der Waals surface area contributed by atoms with Crippen LogP contribution in [0.25, 0.3) is 73.4 Å². The van der Waals surface area contributed by atoms with Gasteiger partial charge in [0.25, 0.3) is 0 Å². The fourth-order valence-corrected chi connectivity index (χ4v) is 6.12. The van der Waals surface area contributed by atoms with E-state index in [2.05, 4.69) is 172 Å². The average molecular weight is 708 g/mol. The van der Waals surface area contributed by atoms with E-state index < -0.39 is 0 Å². The van der Waals surface area contributed by atoms with Crippen LogP contribution in [-0.4, -0.2) is 15.0 Å². The second kappa shape index (κ2) is 20.3. The van der Waals surface area contributed by atoms with E-state index in [4.69, 9.17) is 9.97 Å². The van der Waals surface area contributed by atoms with Crippen LogP contribution in [0.4, 0.5) is 0 Å². The van der Waals surface area contributed by atoms with E-state index in [1.54, 1.807) is 6.20 Å². The van der Waals surface area contributed by atoms with Crippen LogP contribution in [0.5, 0.6) is 0 Å². The molecule has 0 saturated heterocycles. The molecule has 2 heterocycles. The van der Waals surface area contributed by atoms with Gasteiger partial charge in [0.1, 0.15) is 0 Å². The molecule has 0 saturated carbocycles. The lowest BCUT2D eigenvalue weighted by atomic mass is 9.93. The van der Waals surface area contributed by atoms with Crippen LogP contribution < -0.4 is 0 Å². The van der Waals surface area contributed by atoms with Gasteiger partial charge < -0.3 is 0 Å². The highest BCUT2D eigenvalue weighted by Gasteiger charge is 2.13. The fraction of sp³-hybridized carbons (Fsp3) is 0.196. The van der Waals surface area contributed by atoms with Crippen molar-refractivity contribution in [1.82, 2.24) is 15.0 Å². The maximum Gasteiger partial charge on any atom is 0.160 e. The third-order valence-corrected chi connectivity index (χ3v) is 8.69. The molecule has 0 aliphatic heterocycles. The van der Waals surface area contributed by atoms with E-state index in [0.29, 0.717) is 5.82 Å². The monoisotopic (exact) mass is 707 g/mol. The number of pyridine rings is 1. The summed E-state index contributed by atoms with van der Waals surface area (Å²) in [7, 11) is 0. The van der Waals surface area contributed by atoms with Gasteiger partial charge in [-0.15, -0.1) is 0 Å². The molecule has 54 heavy (non-hydrogen) atoms. The molecule has 8 rings (SSSR count). The van der Waals surface area contributed by atoms with E-state index in [-0.39, 0.29) is 0 Å². The molecule has 1 aliphatic carbocycles. The summed E-state index contributed by atoms with van der Waals surface area (Å²) in [5.74, 6) is 0.703. The minimum absolute atomic E-state index is 0.703. The van der Waals surface area contributed by atoms with Crippen LogP contribution in [0.3, 0.4) is 0 Å². The summed E-state index contributed by atoms with van der Waals surface area (Å²) in [5, 5.41) is 0. The first kappa shape index (κ1) is 39.3. The zero-order valence-corrected chi connectivity index (χ0v) is 32.8. The number of hydrogen-bond donors (Lipinski definition) is 0. The highest BCUT2D eigenvalue weighted by atomic mass is 14.9. The van der Waals surface area contributed by atoms with Crippen molar-refractivity contribution in [3.05, 3.63) is 169 Å². The molecule has 0 radical (unpaired) electrons. The maximum absolute atomic E-state index is 5.10. The van der Waals surface area contributed by atoms with Crippen molar-refractivity contribution >= 4 is 6.08 Å². The molecule has 0 N–H and O–H groups in total. The van der Waals surface area contributed by atoms with Gasteiger partial charge in [-0.05, 0) is 75.5 Å². The molecular formula is C51H53N3. The quantitative estimate of drug-likeness (QED) is 0.173.